The number of nitrogens with two attached hydrogens (primary N) is 1. The molecule has 0 radical (unpaired) electrons. The van der Waals surface area contributed by atoms with Crippen molar-refractivity contribution in [3.8, 4) is 0 Å². The molecule has 86 valence electrons. The average molecular weight is 250 g/mol. The van der Waals surface area contributed by atoms with Crippen molar-refractivity contribution in [2.24, 2.45) is 5.73 Å². The van der Waals surface area contributed by atoms with Crippen LogP contribution in [0.15, 0.2) is 5.38 Å². The zero-order valence-corrected chi connectivity index (χ0v) is 10.5. The normalized spacial score (nSPS) is 9.53. The zero-order chi connectivity index (χ0) is 10.6. The van der Waals surface area contributed by atoms with E-state index in [2.05, 4.69) is 4.98 Å². The second-order valence-corrected chi connectivity index (χ2v) is 3.78. The van der Waals surface area contributed by atoms with Crippen molar-refractivity contribution in [2.45, 2.75) is 20.3 Å². The number of carbonyl (C=O) groups is 1. The minimum Gasteiger partial charge on any atom is -0.330 e. The molecule has 4 nitrogen and oxygen atoms in total. The molecule has 0 aliphatic heterocycles. The smallest absolute Gasteiger partial charge is 0.230 e. The molecule has 0 fully saturated rings. The van der Waals surface area contributed by atoms with Gasteiger partial charge in [-0.3, -0.25) is 9.69 Å². The van der Waals surface area contributed by atoms with Crippen molar-refractivity contribution in [1.29, 1.82) is 0 Å². The molecule has 2 N–H and O–H groups in total. The number of carbonyl (C=O) groups excluding carboxylic acids is 1. The summed E-state index contributed by atoms with van der Waals surface area (Å²) in [4.78, 5) is 17.5. The van der Waals surface area contributed by atoms with E-state index in [1.165, 1.54) is 11.3 Å². The van der Waals surface area contributed by atoms with Gasteiger partial charge in [-0.1, -0.05) is 0 Å². The number of thiazole rings is 1. The van der Waals surface area contributed by atoms with Crippen LogP contribution in [0, 0.1) is 6.92 Å². The highest BCUT2D eigenvalue weighted by Gasteiger charge is 2.15. The summed E-state index contributed by atoms with van der Waals surface area (Å²) < 4.78 is 0. The van der Waals surface area contributed by atoms with Crippen LogP contribution >= 0.6 is 23.7 Å². The van der Waals surface area contributed by atoms with E-state index in [0.29, 0.717) is 19.5 Å². The maximum atomic E-state index is 11.6. The third-order valence-electron chi connectivity index (χ3n) is 1.81. The van der Waals surface area contributed by atoms with Crippen LogP contribution in [0.2, 0.25) is 0 Å². The van der Waals surface area contributed by atoms with Crippen LogP contribution < -0.4 is 10.6 Å². The first-order valence-electron chi connectivity index (χ1n) is 4.61. The van der Waals surface area contributed by atoms with Crippen LogP contribution in [0.4, 0.5) is 5.13 Å². The molecule has 0 atom stereocenters. The number of aromatic nitrogens is 1. The molecule has 1 aromatic heterocycles. The van der Waals surface area contributed by atoms with Crippen molar-refractivity contribution < 1.29 is 4.79 Å². The summed E-state index contributed by atoms with van der Waals surface area (Å²) in [6.07, 6.45) is 0.381. The van der Waals surface area contributed by atoms with E-state index in [9.17, 15) is 4.79 Å². The van der Waals surface area contributed by atoms with Gasteiger partial charge < -0.3 is 5.73 Å². The van der Waals surface area contributed by atoms with Crippen LogP contribution in [0.25, 0.3) is 0 Å². The van der Waals surface area contributed by atoms with Gasteiger partial charge in [-0.25, -0.2) is 4.98 Å². The number of hydrogen-bond acceptors (Lipinski definition) is 4. The Bertz CT molecular complexity index is 316. The standard InChI is InChI=1S/C9H15N3OS.ClH/c1-3-12(8(13)4-5-10)9-11-7(2)6-14-9;/h6H,3-5,10H2,1-2H3;1H. The molecule has 0 spiro atoms. The second-order valence-electron chi connectivity index (χ2n) is 2.95. The first-order chi connectivity index (χ1) is 6.69. The summed E-state index contributed by atoms with van der Waals surface area (Å²) in [5.74, 6) is 0.0457. The fraction of sp³-hybridized carbons (Fsp3) is 0.556. The molecule has 0 aromatic carbocycles. The highest BCUT2D eigenvalue weighted by molar-refractivity contribution is 7.14. The first-order valence-corrected chi connectivity index (χ1v) is 5.49. The number of nitrogens with zero attached hydrogens (tertiary/aromatic N) is 2. The Morgan fingerprint density at radius 2 is 2.33 bits per heavy atom. The third-order valence-corrected chi connectivity index (χ3v) is 2.79. The van der Waals surface area contributed by atoms with E-state index >= 15 is 0 Å². The highest BCUT2D eigenvalue weighted by Crippen LogP contribution is 2.20. The number of aryl methyl sites for hydroxylation is 1. The van der Waals surface area contributed by atoms with Crippen LogP contribution in [0.5, 0.6) is 0 Å². The van der Waals surface area contributed by atoms with Crippen LogP contribution in [-0.2, 0) is 4.79 Å². The Morgan fingerprint density at radius 1 is 1.67 bits per heavy atom. The van der Waals surface area contributed by atoms with Gasteiger partial charge in [0.05, 0.1) is 5.69 Å². The third kappa shape index (κ3) is 3.77. The van der Waals surface area contributed by atoms with Gasteiger partial charge in [-0.05, 0) is 13.8 Å². The second kappa shape index (κ2) is 6.76. The molecular weight excluding hydrogens is 234 g/mol. The molecule has 1 rings (SSSR count). The van der Waals surface area contributed by atoms with E-state index in [-0.39, 0.29) is 18.3 Å². The SMILES string of the molecule is CCN(C(=O)CCN)c1nc(C)cs1.Cl. The Hall–Kier alpha value is -0.650. The van der Waals surface area contributed by atoms with Gasteiger partial charge in [0.25, 0.3) is 0 Å². The fourth-order valence-corrected chi connectivity index (χ4v) is 2.03. The van der Waals surface area contributed by atoms with Gasteiger partial charge in [0, 0.05) is 24.9 Å². The Labute approximate surface area is 99.9 Å². The molecule has 0 unspecified atom stereocenters. The lowest BCUT2D eigenvalue weighted by Crippen LogP contribution is -2.31. The summed E-state index contributed by atoms with van der Waals surface area (Å²) >= 11 is 1.49. The number of hydrogen-bond donors (Lipinski definition) is 1. The average Bonchev–Trinajstić information content (AvgIpc) is 2.54. The Morgan fingerprint density at radius 3 is 2.73 bits per heavy atom. The summed E-state index contributed by atoms with van der Waals surface area (Å²) in [5, 5.41) is 2.71. The van der Waals surface area contributed by atoms with Crippen molar-refractivity contribution in [3.05, 3.63) is 11.1 Å². The van der Waals surface area contributed by atoms with E-state index in [1.807, 2.05) is 19.2 Å². The summed E-state index contributed by atoms with van der Waals surface area (Å²) in [6, 6.07) is 0. The van der Waals surface area contributed by atoms with Crippen molar-refractivity contribution in [3.63, 3.8) is 0 Å². The van der Waals surface area contributed by atoms with E-state index in [0.717, 1.165) is 10.8 Å². The van der Waals surface area contributed by atoms with Gasteiger partial charge in [0.2, 0.25) is 5.91 Å². The van der Waals surface area contributed by atoms with Crippen molar-refractivity contribution in [2.75, 3.05) is 18.0 Å². The molecule has 0 bridgehead atoms. The number of halogens is 1. The lowest BCUT2D eigenvalue weighted by Gasteiger charge is -2.16. The number of anilines is 1. The summed E-state index contributed by atoms with van der Waals surface area (Å²) in [6.45, 7) is 4.89. The van der Waals surface area contributed by atoms with Crippen molar-refractivity contribution >= 4 is 34.8 Å². The molecule has 0 aliphatic rings. The zero-order valence-electron chi connectivity index (χ0n) is 8.90. The number of rotatable bonds is 4. The maximum Gasteiger partial charge on any atom is 0.230 e. The predicted octanol–water partition coefficient (Wildman–Crippen LogP) is 1.58. The van der Waals surface area contributed by atoms with Gasteiger partial charge >= 0.3 is 0 Å². The molecule has 1 amide bonds. The van der Waals surface area contributed by atoms with E-state index in [1.54, 1.807) is 4.90 Å². The largest absolute Gasteiger partial charge is 0.330 e. The van der Waals surface area contributed by atoms with Crippen LogP contribution in [0.3, 0.4) is 0 Å². The molecule has 0 saturated carbocycles. The molecule has 0 saturated heterocycles. The quantitative estimate of drug-likeness (QED) is 0.881. The topological polar surface area (TPSA) is 59.2 Å². The van der Waals surface area contributed by atoms with E-state index in [4.69, 9.17) is 5.73 Å². The molecule has 1 heterocycles. The minimum atomic E-state index is 0. The molecule has 15 heavy (non-hydrogen) atoms. The van der Waals surface area contributed by atoms with Gasteiger partial charge in [0.1, 0.15) is 0 Å². The highest BCUT2D eigenvalue weighted by atomic mass is 35.5. The van der Waals surface area contributed by atoms with Crippen LogP contribution in [0.1, 0.15) is 19.0 Å². The predicted molar refractivity (Wildman–Crippen MR) is 65.8 cm³/mol. The lowest BCUT2D eigenvalue weighted by molar-refractivity contribution is -0.118. The number of amides is 1. The van der Waals surface area contributed by atoms with Gasteiger partial charge in [0.15, 0.2) is 5.13 Å². The molecule has 1 aromatic rings. The first kappa shape index (κ1) is 14.3. The summed E-state index contributed by atoms with van der Waals surface area (Å²) in [7, 11) is 0. The minimum absolute atomic E-state index is 0. The Kier molecular flexibility index (Phi) is 6.47. The maximum absolute atomic E-state index is 11.6. The van der Waals surface area contributed by atoms with Gasteiger partial charge in [-0.15, -0.1) is 23.7 Å². The molecule has 0 aliphatic carbocycles. The molecular formula is C9H16ClN3OS. The Balaban J connectivity index is 0.00000196. The van der Waals surface area contributed by atoms with Crippen LogP contribution in [-0.4, -0.2) is 24.0 Å². The molecule has 6 heteroatoms. The van der Waals surface area contributed by atoms with Gasteiger partial charge in [-0.2, -0.15) is 0 Å². The van der Waals surface area contributed by atoms with E-state index < -0.39 is 0 Å². The summed E-state index contributed by atoms with van der Waals surface area (Å²) in [5.41, 5.74) is 6.29. The lowest BCUT2D eigenvalue weighted by atomic mass is 10.4. The monoisotopic (exact) mass is 249 g/mol. The van der Waals surface area contributed by atoms with Crippen molar-refractivity contribution in [1.82, 2.24) is 4.98 Å². The fourth-order valence-electron chi connectivity index (χ4n) is 1.14.